The summed E-state index contributed by atoms with van der Waals surface area (Å²) in [5.74, 6) is 0.689. The van der Waals surface area contributed by atoms with Crippen molar-refractivity contribution in [2.45, 2.75) is 44.6 Å². The highest BCUT2D eigenvalue weighted by molar-refractivity contribution is 5.83. The zero-order valence-electron chi connectivity index (χ0n) is 12.0. The Balaban J connectivity index is 2.29. The SMILES string of the molecule is COc1cc(C=O)c([N+](=O)[O-])cc1OC1CCCCCC1. The number of hydrogen-bond donors (Lipinski definition) is 0. The molecular formula is C15H19NO5. The third kappa shape index (κ3) is 3.71. The largest absolute Gasteiger partial charge is 0.493 e. The average Bonchev–Trinajstić information content (AvgIpc) is 2.75. The van der Waals surface area contributed by atoms with Gasteiger partial charge in [0.25, 0.3) is 5.69 Å². The molecule has 0 N–H and O–H groups in total. The summed E-state index contributed by atoms with van der Waals surface area (Å²) >= 11 is 0. The van der Waals surface area contributed by atoms with Crippen LogP contribution in [0, 0.1) is 10.1 Å². The van der Waals surface area contributed by atoms with E-state index in [1.807, 2.05) is 0 Å². The van der Waals surface area contributed by atoms with Gasteiger partial charge in [0.15, 0.2) is 17.8 Å². The lowest BCUT2D eigenvalue weighted by Gasteiger charge is -2.19. The van der Waals surface area contributed by atoms with Crippen molar-refractivity contribution in [2.75, 3.05) is 7.11 Å². The van der Waals surface area contributed by atoms with Gasteiger partial charge in [0, 0.05) is 6.07 Å². The van der Waals surface area contributed by atoms with Crippen molar-refractivity contribution in [2.24, 2.45) is 0 Å². The molecule has 114 valence electrons. The number of rotatable bonds is 5. The Bertz CT molecular complexity index is 521. The van der Waals surface area contributed by atoms with Crippen LogP contribution in [0.4, 0.5) is 5.69 Å². The number of hydrogen-bond acceptors (Lipinski definition) is 5. The molecule has 1 fully saturated rings. The summed E-state index contributed by atoms with van der Waals surface area (Å²) in [6.45, 7) is 0. The number of ether oxygens (including phenoxy) is 2. The van der Waals surface area contributed by atoms with Gasteiger partial charge < -0.3 is 9.47 Å². The Kier molecular flexibility index (Phi) is 5.14. The fourth-order valence-electron chi connectivity index (χ4n) is 2.61. The second kappa shape index (κ2) is 7.06. The molecule has 0 spiro atoms. The maximum Gasteiger partial charge on any atom is 0.283 e. The maximum absolute atomic E-state index is 11.0. The van der Waals surface area contributed by atoms with E-state index in [1.165, 1.54) is 32.1 Å². The molecule has 0 radical (unpaired) electrons. The number of methoxy groups -OCH3 is 1. The Morgan fingerprint density at radius 2 is 1.86 bits per heavy atom. The van der Waals surface area contributed by atoms with Crippen LogP contribution in [0.25, 0.3) is 0 Å². The fourth-order valence-corrected chi connectivity index (χ4v) is 2.61. The van der Waals surface area contributed by atoms with Gasteiger partial charge in [-0.25, -0.2) is 0 Å². The second-order valence-corrected chi connectivity index (χ2v) is 5.17. The molecule has 0 amide bonds. The van der Waals surface area contributed by atoms with Crippen LogP contribution in [0.2, 0.25) is 0 Å². The monoisotopic (exact) mass is 293 g/mol. The summed E-state index contributed by atoms with van der Waals surface area (Å²) in [5.41, 5.74) is -0.264. The zero-order chi connectivity index (χ0) is 15.2. The lowest BCUT2D eigenvalue weighted by molar-refractivity contribution is -0.385. The fraction of sp³-hybridized carbons (Fsp3) is 0.533. The molecule has 2 rings (SSSR count). The first-order chi connectivity index (χ1) is 10.2. The van der Waals surface area contributed by atoms with Crippen LogP contribution in [-0.4, -0.2) is 24.4 Å². The topological polar surface area (TPSA) is 78.7 Å². The van der Waals surface area contributed by atoms with Gasteiger partial charge in [0.2, 0.25) is 0 Å². The summed E-state index contributed by atoms with van der Waals surface area (Å²) in [6, 6.07) is 2.64. The third-order valence-corrected chi connectivity index (χ3v) is 3.73. The summed E-state index contributed by atoms with van der Waals surface area (Å²) < 4.78 is 11.1. The predicted molar refractivity (Wildman–Crippen MR) is 77.2 cm³/mol. The van der Waals surface area contributed by atoms with Crippen molar-refractivity contribution in [3.8, 4) is 11.5 Å². The lowest BCUT2D eigenvalue weighted by Crippen LogP contribution is -2.16. The van der Waals surface area contributed by atoms with Gasteiger partial charge in [0.1, 0.15) is 0 Å². The van der Waals surface area contributed by atoms with E-state index in [-0.39, 0.29) is 17.4 Å². The molecule has 0 atom stereocenters. The first kappa shape index (κ1) is 15.3. The van der Waals surface area contributed by atoms with Gasteiger partial charge >= 0.3 is 0 Å². The van der Waals surface area contributed by atoms with Gasteiger partial charge in [-0.15, -0.1) is 0 Å². The molecule has 1 saturated carbocycles. The van der Waals surface area contributed by atoms with Crippen molar-refractivity contribution in [1.82, 2.24) is 0 Å². The molecule has 0 heterocycles. The normalized spacial score (nSPS) is 16.0. The van der Waals surface area contributed by atoms with E-state index in [9.17, 15) is 14.9 Å². The van der Waals surface area contributed by atoms with E-state index in [2.05, 4.69) is 0 Å². The molecule has 1 aromatic rings. The van der Waals surface area contributed by atoms with E-state index >= 15 is 0 Å². The molecular weight excluding hydrogens is 274 g/mol. The van der Waals surface area contributed by atoms with E-state index in [0.29, 0.717) is 17.8 Å². The van der Waals surface area contributed by atoms with Gasteiger partial charge in [0.05, 0.1) is 29.8 Å². The summed E-state index contributed by atoms with van der Waals surface area (Å²) in [5, 5.41) is 11.0. The van der Waals surface area contributed by atoms with E-state index in [1.54, 1.807) is 0 Å². The number of nitro groups is 1. The van der Waals surface area contributed by atoms with Crippen molar-refractivity contribution in [3.05, 3.63) is 27.8 Å². The van der Waals surface area contributed by atoms with Crippen molar-refractivity contribution >= 4 is 12.0 Å². The van der Waals surface area contributed by atoms with Gasteiger partial charge in [-0.1, -0.05) is 12.8 Å². The predicted octanol–water partition coefficient (Wildman–Crippen LogP) is 3.52. The molecule has 1 aliphatic rings. The Morgan fingerprint density at radius 1 is 1.19 bits per heavy atom. The first-order valence-corrected chi connectivity index (χ1v) is 7.14. The highest BCUT2D eigenvalue weighted by Gasteiger charge is 2.22. The number of benzene rings is 1. The van der Waals surface area contributed by atoms with Crippen LogP contribution in [0.5, 0.6) is 11.5 Å². The number of carbonyl (C=O) groups excluding carboxylic acids is 1. The standard InChI is InChI=1S/C15H19NO5/c1-20-14-8-11(10-17)13(16(18)19)9-15(14)21-12-6-4-2-3-5-7-12/h8-10,12H,2-7H2,1H3. The minimum absolute atomic E-state index is 0.00920. The number of nitrogens with zero attached hydrogens (tertiary/aromatic N) is 1. The van der Waals surface area contributed by atoms with Crippen LogP contribution in [0.1, 0.15) is 48.9 Å². The molecule has 0 aliphatic heterocycles. The smallest absolute Gasteiger partial charge is 0.283 e. The first-order valence-electron chi connectivity index (χ1n) is 7.14. The van der Waals surface area contributed by atoms with Crippen LogP contribution in [0.3, 0.4) is 0 Å². The third-order valence-electron chi connectivity index (χ3n) is 3.73. The van der Waals surface area contributed by atoms with Crippen LogP contribution in [-0.2, 0) is 0 Å². The molecule has 1 aliphatic carbocycles. The van der Waals surface area contributed by atoms with E-state index in [0.717, 1.165) is 25.7 Å². The number of nitro benzene ring substituents is 1. The minimum atomic E-state index is -0.580. The second-order valence-electron chi connectivity index (χ2n) is 5.17. The van der Waals surface area contributed by atoms with Gasteiger partial charge in [-0.3, -0.25) is 14.9 Å². The molecule has 0 bridgehead atoms. The summed E-state index contributed by atoms with van der Waals surface area (Å²) in [4.78, 5) is 21.4. The Hall–Kier alpha value is -2.11. The molecule has 6 nitrogen and oxygen atoms in total. The lowest BCUT2D eigenvalue weighted by atomic mass is 10.1. The van der Waals surface area contributed by atoms with E-state index in [4.69, 9.17) is 9.47 Å². The summed E-state index contributed by atoms with van der Waals surface area (Å²) in [7, 11) is 1.45. The Morgan fingerprint density at radius 3 is 2.38 bits per heavy atom. The number of aldehydes is 1. The molecule has 0 saturated heterocycles. The van der Waals surface area contributed by atoms with Crippen LogP contribution in [0.15, 0.2) is 12.1 Å². The van der Waals surface area contributed by atoms with Crippen LogP contribution >= 0.6 is 0 Å². The molecule has 0 aromatic heterocycles. The summed E-state index contributed by atoms with van der Waals surface area (Å²) in [6.07, 6.45) is 6.96. The van der Waals surface area contributed by atoms with Gasteiger partial charge in [-0.2, -0.15) is 0 Å². The van der Waals surface area contributed by atoms with Gasteiger partial charge in [-0.05, 0) is 25.7 Å². The highest BCUT2D eigenvalue weighted by Crippen LogP contribution is 2.36. The van der Waals surface area contributed by atoms with Crippen molar-refractivity contribution in [1.29, 1.82) is 0 Å². The quantitative estimate of drug-likeness (QED) is 0.359. The highest BCUT2D eigenvalue weighted by atomic mass is 16.6. The minimum Gasteiger partial charge on any atom is -0.493 e. The Labute approximate surface area is 123 Å². The van der Waals surface area contributed by atoms with Crippen molar-refractivity contribution < 1.29 is 19.2 Å². The number of carbonyl (C=O) groups is 1. The average molecular weight is 293 g/mol. The maximum atomic E-state index is 11.0. The molecule has 6 heteroatoms. The molecule has 21 heavy (non-hydrogen) atoms. The van der Waals surface area contributed by atoms with Crippen molar-refractivity contribution in [3.63, 3.8) is 0 Å². The zero-order valence-corrected chi connectivity index (χ0v) is 12.0. The molecule has 0 unspecified atom stereocenters. The van der Waals surface area contributed by atoms with E-state index < -0.39 is 4.92 Å². The molecule has 1 aromatic carbocycles. The van der Waals surface area contributed by atoms with Crippen LogP contribution < -0.4 is 9.47 Å².